The Labute approximate surface area is 204 Å². The summed E-state index contributed by atoms with van der Waals surface area (Å²) in [5, 5.41) is 6.40. The van der Waals surface area contributed by atoms with Crippen LogP contribution in [0, 0.1) is 0 Å². The molecule has 1 aromatic heterocycles. The smallest absolute Gasteiger partial charge is 0.289 e. The number of amides is 2. The highest BCUT2D eigenvalue weighted by molar-refractivity contribution is 6.03. The molecular formula is C27H28N4O4. The standard InChI is InChI=1S/C27H28N4O4/c1-34-22-11-9-21(10-12-22)24-18-23(20-6-3-2-4-7-20)28-31(24)26(32)19-29-13-15-30(16-14-29)27(33)25-8-5-17-35-25/h2-12,17,24H,13-16,18-19H2,1H3/t24-/m0/s1. The molecule has 5 rings (SSSR count). The number of benzene rings is 2. The van der Waals surface area contributed by atoms with Crippen LogP contribution in [0.4, 0.5) is 0 Å². The summed E-state index contributed by atoms with van der Waals surface area (Å²) in [7, 11) is 1.64. The van der Waals surface area contributed by atoms with Crippen molar-refractivity contribution in [3.05, 3.63) is 89.9 Å². The molecule has 0 N–H and O–H groups in total. The molecule has 0 bridgehead atoms. The lowest BCUT2D eigenvalue weighted by molar-refractivity contribution is -0.134. The number of ether oxygens (including phenoxy) is 1. The maximum Gasteiger partial charge on any atom is 0.289 e. The van der Waals surface area contributed by atoms with Gasteiger partial charge in [0.15, 0.2) is 5.76 Å². The third-order valence-electron chi connectivity index (χ3n) is 6.52. The van der Waals surface area contributed by atoms with Crippen molar-refractivity contribution in [1.29, 1.82) is 0 Å². The zero-order chi connectivity index (χ0) is 24.2. The number of rotatable bonds is 6. The van der Waals surface area contributed by atoms with Crippen molar-refractivity contribution in [2.45, 2.75) is 12.5 Å². The minimum Gasteiger partial charge on any atom is -0.497 e. The number of hydrazone groups is 1. The molecular weight excluding hydrogens is 444 g/mol. The zero-order valence-corrected chi connectivity index (χ0v) is 19.7. The SMILES string of the molecule is COc1ccc([C@@H]2CC(c3ccccc3)=NN2C(=O)CN2CCN(C(=O)c3ccco3)CC2)cc1. The van der Waals surface area contributed by atoms with E-state index < -0.39 is 0 Å². The number of methoxy groups -OCH3 is 1. The first-order chi connectivity index (χ1) is 17.1. The lowest BCUT2D eigenvalue weighted by Gasteiger charge is -2.34. The summed E-state index contributed by atoms with van der Waals surface area (Å²) in [5.74, 6) is 0.951. The van der Waals surface area contributed by atoms with E-state index in [2.05, 4.69) is 4.90 Å². The van der Waals surface area contributed by atoms with E-state index in [9.17, 15) is 9.59 Å². The van der Waals surface area contributed by atoms with Crippen molar-refractivity contribution in [1.82, 2.24) is 14.8 Å². The van der Waals surface area contributed by atoms with E-state index in [4.69, 9.17) is 14.3 Å². The summed E-state index contributed by atoms with van der Waals surface area (Å²) in [6.45, 7) is 2.59. The predicted octanol–water partition coefficient (Wildman–Crippen LogP) is 3.42. The van der Waals surface area contributed by atoms with E-state index in [1.807, 2.05) is 54.6 Å². The largest absolute Gasteiger partial charge is 0.497 e. The van der Waals surface area contributed by atoms with Gasteiger partial charge in [0.1, 0.15) is 5.75 Å². The zero-order valence-electron chi connectivity index (χ0n) is 19.7. The van der Waals surface area contributed by atoms with Crippen LogP contribution in [0.2, 0.25) is 0 Å². The van der Waals surface area contributed by atoms with Crippen LogP contribution < -0.4 is 4.74 Å². The molecule has 2 amide bonds. The summed E-state index contributed by atoms with van der Waals surface area (Å²) in [6.07, 6.45) is 2.15. The Morgan fingerprint density at radius 1 is 0.971 bits per heavy atom. The van der Waals surface area contributed by atoms with Crippen LogP contribution in [0.5, 0.6) is 5.75 Å². The Morgan fingerprint density at radius 3 is 2.37 bits per heavy atom. The Kier molecular flexibility index (Phi) is 6.63. The molecule has 3 heterocycles. The molecule has 8 heteroatoms. The predicted molar refractivity (Wildman–Crippen MR) is 131 cm³/mol. The quantitative estimate of drug-likeness (QED) is 0.549. The van der Waals surface area contributed by atoms with Crippen molar-refractivity contribution in [2.75, 3.05) is 39.8 Å². The molecule has 2 aromatic carbocycles. The fraction of sp³-hybridized carbons (Fsp3) is 0.296. The van der Waals surface area contributed by atoms with Crippen molar-refractivity contribution >= 4 is 17.5 Å². The molecule has 8 nitrogen and oxygen atoms in total. The summed E-state index contributed by atoms with van der Waals surface area (Å²) in [5.41, 5.74) is 2.93. The number of piperazine rings is 1. The van der Waals surface area contributed by atoms with Crippen LogP contribution in [-0.2, 0) is 4.79 Å². The number of furan rings is 1. The summed E-state index contributed by atoms with van der Waals surface area (Å²) in [4.78, 5) is 29.8. The maximum atomic E-state index is 13.5. The molecule has 0 radical (unpaired) electrons. The molecule has 3 aromatic rings. The average molecular weight is 473 g/mol. The van der Waals surface area contributed by atoms with Gasteiger partial charge in [-0.2, -0.15) is 5.10 Å². The molecule has 2 aliphatic heterocycles. The highest BCUT2D eigenvalue weighted by Crippen LogP contribution is 2.33. The minimum atomic E-state index is -0.176. The van der Waals surface area contributed by atoms with Crippen LogP contribution in [0.1, 0.15) is 34.1 Å². The van der Waals surface area contributed by atoms with Gasteiger partial charge in [-0.3, -0.25) is 14.5 Å². The van der Waals surface area contributed by atoms with Gasteiger partial charge in [-0.25, -0.2) is 5.01 Å². The first-order valence-electron chi connectivity index (χ1n) is 11.8. The lowest BCUT2D eigenvalue weighted by Crippen LogP contribution is -2.51. The number of carbonyl (C=O) groups is 2. The molecule has 2 aliphatic rings. The van der Waals surface area contributed by atoms with Gasteiger partial charge in [-0.1, -0.05) is 42.5 Å². The first-order valence-corrected chi connectivity index (χ1v) is 11.8. The van der Waals surface area contributed by atoms with Gasteiger partial charge >= 0.3 is 0 Å². The van der Waals surface area contributed by atoms with E-state index in [0.717, 1.165) is 22.6 Å². The van der Waals surface area contributed by atoms with Gasteiger partial charge in [0.2, 0.25) is 0 Å². The van der Waals surface area contributed by atoms with Crippen molar-refractivity contribution in [3.63, 3.8) is 0 Å². The van der Waals surface area contributed by atoms with Gasteiger partial charge < -0.3 is 14.1 Å². The number of nitrogens with zero attached hydrogens (tertiary/aromatic N) is 4. The van der Waals surface area contributed by atoms with Gasteiger partial charge in [0.25, 0.3) is 11.8 Å². The molecule has 1 fully saturated rings. The highest BCUT2D eigenvalue weighted by atomic mass is 16.5. The van der Waals surface area contributed by atoms with Gasteiger partial charge in [-0.15, -0.1) is 0 Å². The van der Waals surface area contributed by atoms with Gasteiger partial charge in [0, 0.05) is 32.6 Å². The van der Waals surface area contributed by atoms with E-state index in [1.54, 1.807) is 29.2 Å². The Morgan fingerprint density at radius 2 is 1.71 bits per heavy atom. The van der Waals surface area contributed by atoms with Crippen molar-refractivity contribution in [2.24, 2.45) is 5.10 Å². The normalized spacial score (nSPS) is 18.4. The number of hydrogen-bond donors (Lipinski definition) is 0. The average Bonchev–Trinajstić information content (AvgIpc) is 3.60. The first kappa shape index (κ1) is 22.9. The second-order valence-electron chi connectivity index (χ2n) is 8.69. The summed E-state index contributed by atoms with van der Waals surface area (Å²) in [6, 6.07) is 21.0. The highest BCUT2D eigenvalue weighted by Gasteiger charge is 2.34. The Bertz CT molecular complexity index is 1180. The summed E-state index contributed by atoms with van der Waals surface area (Å²) < 4.78 is 10.5. The molecule has 1 saturated heterocycles. The second-order valence-corrected chi connectivity index (χ2v) is 8.69. The fourth-order valence-corrected chi connectivity index (χ4v) is 4.56. The van der Waals surface area contributed by atoms with Crippen LogP contribution in [-0.4, -0.2) is 72.2 Å². The molecule has 1 atom stereocenters. The van der Waals surface area contributed by atoms with E-state index in [0.29, 0.717) is 38.4 Å². The van der Waals surface area contributed by atoms with Crippen LogP contribution in [0.15, 0.2) is 82.5 Å². The molecule has 0 aliphatic carbocycles. The van der Waals surface area contributed by atoms with Crippen LogP contribution >= 0.6 is 0 Å². The lowest BCUT2D eigenvalue weighted by atomic mass is 9.98. The second kappa shape index (κ2) is 10.1. The van der Waals surface area contributed by atoms with E-state index in [1.165, 1.54) is 6.26 Å². The van der Waals surface area contributed by atoms with Crippen LogP contribution in [0.25, 0.3) is 0 Å². The van der Waals surface area contributed by atoms with E-state index in [-0.39, 0.29) is 24.4 Å². The van der Waals surface area contributed by atoms with Crippen molar-refractivity contribution in [3.8, 4) is 5.75 Å². The molecule has 0 spiro atoms. The van der Waals surface area contributed by atoms with Crippen LogP contribution in [0.3, 0.4) is 0 Å². The third kappa shape index (κ3) is 4.97. The monoisotopic (exact) mass is 472 g/mol. The topological polar surface area (TPSA) is 78.6 Å². The van der Waals surface area contributed by atoms with E-state index >= 15 is 0 Å². The van der Waals surface area contributed by atoms with Gasteiger partial charge in [0.05, 0.1) is 31.7 Å². The number of carbonyl (C=O) groups excluding carboxylic acids is 2. The molecule has 0 saturated carbocycles. The molecule has 35 heavy (non-hydrogen) atoms. The third-order valence-corrected chi connectivity index (χ3v) is 6.52. The minimum absolute atomic E-state index is 0.0532. The maximum absolute atomic E-state index is 13.5. The Balaban J connectivity index is 1.28. The summed E-state index contributed by atoms with van der Waals surface area (Å²) >= 11 is 0. The fourth-order valence-electron chi connectivity index (χ4n) is 4.56. The van der Waals surface area contributed by atoms with Crippen molar-refractivity contribution < 1.29 is 18.7 Å². The Hall–Kier alpha value is -3.91. The molecule has 180 valence electrons. The number of hydrogen-bond acceptors (Lipinski definition) is 6. The molecule has 0 unspecified atom stereocenters. The van der Waals surface area contributed by atoms with Gasteiger partial charge in [-0.05, 0) is 35.4 Å².